The molecule has 2 saturated heterocycles. The molecule has 0 N–H and O–H groups in total. The Hall–Kier alpha value is -3.39. The fourth-order valence-corrected chi connectivity index (χ4v) is 5.61. The first kappa shape index (κ1) is 23.4. The third-order valence-corrected chi connectivity index (χ3v) is 7.57. The number of carbonyl (C=O) groups is 3. The van der Waals surface area contributed by atoms with Gasteiger partial charge in [0.05, 0.1) is 11.4 Å². The molecule has 180 valence electrons. The fraction of sp³-hybridized carbons (Fsp3) is 0.296. The van der Waals surface area contributed by atoms with Gasteiger partial charge in [-0.15, -0.1) is 0 Å². The number of piperidine rings is 1. The summed E-state index contributed by atoms with van der Waals surface area (Å²) in [6, 6.07) is 13.7. The van der Waals surface area contributed by atoms with Crippen molar-refractivity contribution >= 4 is 45.8 Å². The second kappa shape index (κ2) is 9.70. The van der Waals surface area contributed by atoms with Crippen molar-refractivity contribution in [2.24, 2.45) is 0 Å². The van der Waals surface area contributed by atoms with Gasteiger partial charge in [-0.05, 0) is 67.8 Å². The molecule has 2 fully saturated rings. The number of hydrogen-bond acceptors (Lipinski definition) is 4. The van der Waals surface area contributed by atoms with Crippen LogP contribution in [0.3, 0.4) is 0 Å². The van der Waals surface area contributed by atoms with Gasteiger partial charge >= 0.3 is 0 Å². The van der Waals surface area contributed by atoms with Crippen LogP contribution in [0.5, 0.6) is 0 Å². The Bertz CT molecular complexity index is 1330. The van der Waals surface area contributed by atoms with Crippen molar-refractivity contribution in [3.05, 3.63) is 76.6 Å². The smallest absolute Gasteiger partial charge is 0.293 e. The lowest BCUT2D eigenvalue weighted by Gasteiger charge is -2.33. The van der Waals surface area contributed by atoms with Gasteiger partial charge in [-0.1, -0.05) is 30.3 Å². The Labute approximate surface area is 207 Å². The summed E-state index contributed by atoms with van der Waals surface area (Å²) >= 11 is 0.894. The van der Waals surface area contributed by atoms with Crippen molar-refractivity contribution in [3.8, 4) is 0 Å². The van der Waals surface area contributed by atoms with Crippen LogP contribution in [0.25, 0.3) is 17.0 Å². The van der Waals surface area contributed by atoms with E-state index in [-0.39, 0.29) is 42.0 Å². The highest BCUT2D eigenvalue weighted by Crippen LogP contribution is 2.35. The second-order valence-electron chi connectivity index (χ2n) is 9.06. The number of imide groups is 1. The number of benzene rings is 2. The van der Waals surface area contributed by atoms with Crippen LogP contribution in [-0.4, -0.2) is 44.0 Å². The van der Waals surface area contributed by atoms with Crippen molar-refractivity contribution < 1.29 is 18.8 Å². The summed E-state index contributed by atoms with van der Waals surface area (Å²) in [6.45, 7) is 3.20. The highest BCUT2D eigenvalue weighted by atomic mass is 32.2. The topological polar surface area (TPSA) is 62.6 Å². The molecule has 0 aliphatic carbocycles. The number of rotatable bonds is 5. The van der Waals surface area contributed by atoms with Gasteiger partial charge in [0, 0.05) is 35.2 Å². The first-order valence-electron chi connectivity index (χ1n) is 11.8. The maximum Gasteiger partial charge on any atom is 0.293 e. The van der Waals surface area contributed by atoms with E-state index in [1.165, 1.54) is 17.0 Å². The second-order valence-corrected chi connectivity index (χ2v) is 10.0. The summed E-state index contributed by atoms with van der Waals surface area (Å²) in [5, 5.41) is 0.556. The minimum Gasteiger partial charge on any atom is -0.338 e. The van der Waals surface area contributed by atoms with E-state index in [1.54, 1.807) is 18.2 Å². The molecular weight excluding hydrogens is 465 g/mol. The standard InChI is InChI=1S/C27H26FN3O3S/c1-18-6-4-5-13-30(18)25(32)17-29-16-20(22-7-2-3-8-23(22)29)14-24-26(33)31(27(34)35-24)15-19-9-11-21(28)12-10-19/h2-3,7-12,14,16,18H,4-6,13,15,17H2,1H3/b24-14-/t18-/m0/s1. The summed E-state index contributed by atoms with van der Waals surface area (Å²) in [5.41, 5.74) is 2.37. The van der Waals surface area contributed by atoms with Crippen molar-refractivity contribution in [1.29, 1.82) is 0 Å². The first-order chi connectivity index (χ1) is 16.9. The zero-order valence-electron chi connectivity index (χ0n) is 19.4. The molecule has 0 radical (unpaired) electrons. The van der Waals surface area contributed by atoms with Crippen LogP contribution in [0.1, 0.15) is 37.3 Å². The minimum atomic E-state index is -0.376. The molecule has 0 bridgehead atoms. The van der Waals surface area contributed by atoms with Crippen LogP contribution in [0.2, 0.25) is 0 Å². The summed E-state index contributed by atoms with van der Waals surface area (Å²) in [4.78, 5) is 42.1. The normalized spacial score (nSPS) is 19.8. The Kier molecular flexibility index (Phi) is 6.47. The van der Waals surface area contributed by atoms with E-state index in [4.69, 9.17) is 0 Å². The Balaban J connectivity index is 1.40. The van der Waals surface area contributed by atoms with Gasteiger partial charge in [0.15, 0.2) is 0 Å². The number of aromatic nitrogens is 1. The molecule has 3 amide bonds. The molecule has 3 heterocycles. The molecule has 1 aromatic heterocycles. The minimum absolute atomic E-state index is 0.0872. The highest BCUT2D eigenvalue weighted by Gasteiger charge is 2.35. The van der Waals surface area contributed by atoms with E-state index >= 15 is 0 Å². The molecule has 0 unspecified atom stereocenters. The van der Waals surface area contributed by atoms with Crippen LogP contribution in [0.15, 0.2) is 59.6 Å². The predicted octanol–water partition coefficient (Wildman–Crippen LogP) is 5.42. The third-order valence-electron chi connectivity index (χ3n) is 6.66. The van der Waals surface area contributed by atoms with E-state index in [1.807, 2.05) is 39.9 Å². The van der Waals surface area contributed by atoms with Crippen LogP contribution >= 0.6 is 11.8 Å². The van der Waals surface area contributed by atoms with Crippen LogP contribution < -0.4 is 0 Å². The van der Waals surface area contributed by atoms with Gasteiger partial charge in [0.25, 0.3) is 11.1 Å². The van der Waals surface area contributed by atoms with Gasteiger partial charge in [0.1, 0.15) is 12.4 Å². The van der Waals surface area contributed by atoms with Gasteiger partial charge in [-0.2, -0.15) is 0 Å². The molecule has 35 heavy (non-hydrogen) atoms. The summed E-state index contributed by atoms with van der Waals surface area (Å²) in [7, 11) is 0. The van der Waals surface area contributed by atoms with Gasteiger partial charge in [-0.3, -0.25) is 19.3 Å². The summed E-state index contributed by atoms with van der Waals surface area (Å²) in [6.07, 6.45) is 6.81. The average molecular weight is 492 g/mol. The maximum atomic E-state index is 13.2. The Morgan fingerprint density at radius 2 is 1.89 bits per heavy atom. The summed E-state index contributed by atoms with van der Waals surface area (Å²) < 4.78 is 15.1. The monoisotopic (exact) mass is 491 g/mol. The van der Waals surface area contributed by atoms with Crippen LogP contribution in [0, 0.1) is 5.82 Å². The van der Waals surface area contributed by atoms with E-state index in [0.29, 0.717) is 10.5 Å². The van der Waals surface area contributed by atoms with E-state index in [9.17, 15) is 18.8 Å². The molecule has 2 aliphatic heterocycles. The number of halogens is 1. The Morgan fingerprint density at radius 1 is 1.11 bits per heavy atom. The average Bonchev–Trinajstić information content (AvgIpc) is 3.32. The zero-order valence-corrected chi connectivity index (χ0v) is 20.3. The lowest BCUT2D eigenvalue weighted by Crippen LogP contribution is -2.43. The zero-order chi connectivity index (χ0) is 24.5. The molecule has 8 heteroatoms. The predicted molar refractivity (Wildman–Crippen MR) is 135 cm³/mol. The van der Waals surface area contributed by atoms with Gasteiger partial charge in [0.2, 0.25) is 5.91 Å². The molecule has 5 rings (SSSR count). The van der Waals surface area contributed by atoms with Crippen molar-refractivity contribution in [1.82, 2.24) is 14.4 Å². The van der Waals surface area contributed by atoms with Gasteiger partial charge in [-0.25, -0.2) is 4.39 Å². The fourth-order valence-electron chi connectivity index (χ4n) is 4.78. The molecule has 1 atom stereocenters. The number of para-hydroxylation sites is 1. The molecule has 0 saturated carbocycles. The van der Waals surface area contributed by atoms with Crippen LogP contribution in [0.4, 0.5) is 9.18 Å². The number of fused-ring (bicyclic) bond motifs is 1. The number of likely N-dealkylation sites (tertiary alicyclic amines) is 1. The number of nitrogens with zero attached hydrogens (tertiary/aromatic N) is 3. The van der Waals surface area contributed by atoms with E-state index < -0.39 is 0 Å². The molecule has 2 aromatic carbocycles. The van der Waals surface area contributed by atoms with Crippen LogP contribution in [-0.2, 0) is 22.7 Å². The molecule has 3 aromatic rings. The van der Waals surface area contributed by atoms with Crippen molar-refractivity contribution in [2.75, 3.05) is 6.54 Å². The molecule has 6 nitrogen and oxygen atoms in total. The molecule has 2 aliphatic rings. The SMILES string of the molecule is C[C@H]1CCCCN1C(=O)Cn1cc(/C=C2\SC(=O)N(Cc3ccc(F)cc3)C2=O)c2ccccc21. The third kappa shape index (κ3) is 4.75. The lowest BCUT2D eigenvalue weighted by molar-refractivity contribution is -0.135. The van der Waals surface area contributed by atoms with E-state index in [0.717, 1.165) is 54.0 Å². The first-order valence-corrected chi connectivity index (χ1v) is 12.6. The lowest BCUT2D eigenvalue weighted by atomic mass is 10.0. The number of thioether (sulfide) groups is 1. The summed E-state index contributed by atoms with van der Waals surface area (Å²) in [5.74, 6) is -0.657. The van der Waals surface area contributed by atoms with Gasteiger partial charge < -0.3 is 9.47 Å². The number of carbonyl (C=O) groups excluding carboxylic acids is 3. The van der Waals surface area contributed by atoms with E-state index in [2.05, 4.69) is 6.92 Å². The Morgan fingerprint density at radius 3 is 2.66 bits per heavy atom. The molecular formula is C27H26FN3O3S. The largest absolute Gasteiger partial charge is 0.338 e. The maximum absolute atomic E-state index is 13.2. The van der Waals surface area contributed by atoms with Crippen molar-refractivity contribution in [3.63, 3.8) is 0 Å². The number of hydrogen-bond donors (Lipinski definition) is 0. The highest BCUT2D eigenvalue weighted by molar-refractivity contribution is 8.18. The quantitative estimate of drug-likeness (QED) is 0.447. The number of amides is 3. The van der Waals surface area contributed by atoms with Crippen molar-refractivity contribution in [2.45, 2.75) is 45.3 Å². The molecule has 0 spiro atoms.